The molecule has 1 fully saturated rings. The predicted molar refractivity (Wildman–Crippen MR) is 95.0 cm³/mol. The number of rotatable bonds is 4. The fourth-order valence-corrected chi connectivity index (χ4v) is 3.98. The van der Waals surface area contributed by atoms with Crippen LogP contribution in [0, 0.1) is 0 Å². The van der Waals surface area contributed by atoms with Crippen molar-refractivity contribution in [3.63, 3.8) is 0 Å². The zero-order chi connectivity index (χ0) is 17.0. The molecule has 0 atom stereocenters. The number of benzene rings is 1. The highest BCUT2D eigenvalue weighted by Gasteiger charge is 2.16. The van der Waals surface area contributed by atoms with Crippen molar-refractivity contribution in [2.24, 2.45) is 0 Å². The van der Waals surface area contributed by atoms with Crippen LogP contribution in [0.3, 0.4) is 0 Å². The Morgan fingerprint density at radius 1 is 1.00 bits per heavy atom. The quantitative estimate of drug-likeness (QED) is 0.898. The van der Waals surface area contributed by atoms with Gasteiger partial charge in [-0.1, -0.05) is 30.5 Å². The first kappa shape index (κ1) is 17.0. The topological polar surface area (TPSA) is 75.2 Å². The highest BCUT2D eigenvalue weighted by atomic mass is 35.5. The van der Waals surface area contributed by atoms with Crippen LogP contribution in [0.25, 0.3) is 0 Å². The van der Waals surface area contributed by atoms with Gasteiger partial charge in [-0.3, -0.25) is 4.72 Å². The molecule has 6 nitrogen and oxygen atoms in total. The number of nitrogens with one attached hydrogen (secondary N) is 1. The first-order valence-corrected chi connectivity index (χ1v) is 9.78. The largest absolute Gasteiger partial charge is 0.355 e. The average molecular weight is 367 g/mol. The molecular weight excluding hydrogens is 348 g/mol. The number of aromatic nitrogens is 2. The summed E-state index contributed by atoms with van der Waals surface area (Å²) in [6.07, 6.45) is 4.76. The maximum absolute atomic E-state index is 12.3. The minimum absolute atomic E-state index is 0.0911. The molecule has 0 bridgehead atoms. The van der Waals surface area contributed by atoms with E-state index in [0.717, 1.165) is 31.7 Å². The lowest BCUT2D eigenvalue weighted by Gasteiger charge is -2.20. The normalized spacial score (nSPS) is 15.8. The van der Waals surface area contributed by atoms with E-state index in [2.05, 4.69) is 19.8 Å². The van der Waals surface area contributed by atoms with Gasteiger partial charge in [0.2, 0.25) is 0 Å². The smallest absolute Gasteiger partial charge is 0.263 e. The molecule has 2 aromatic rings. The van der Waals surface area contributed by atoms with Gasteiger partial charge in [0.05, 0.1) is 4.90 Å². The molecule has 1 aliphatic rings. The second kappa shape index (κ2) is 7.36. The second-order valence-electron chi connectivity index (χ2n) is 5.74. The Hall–Kier alpha value is -1.86. The molecule has 1 N–H and O–H groups in total. The van der Waals surface area contributed by atoms with E-state index in [4.69, 9.17) is 11.6 Å². The van der Waals surface area contributed by atoms with Crippen LogP contribution >= 0.6 is 11.6 Å². The Bertz CT molecular complexity index is 788. The van der Waals surface area contributed by atoms with E-state index in [1.165, 1.54) is 25.0 Å². The molecule has 128 valence electrons. The van der Waals surface area contributed by atoms with Crippen molar-refractivity contribution in [3.05, 3.63) is 41.4 Å². The molecule has 2 heterocycles. The summed E-state index contributed by atoms with van der Waals surface area (Å²) in [7, 11) is -3.73. The zero-order valence-corrected chi connectivity index (χ0v) is 14.7. The minimum atomic E-state index is -3.73. The molecule has 1 aromatic carbocycles. The van der Waals surface area contributed by atoms with Crippen molar-refractivity contribution < 1.29 is 8.42 Å². The van der Waals surface area contributed by atoms with Gasteiger partial charge in [0, 0.05) is 18.1 Å². The van der Waals surface area contributed by atoms with Crippen molar-refractivity contribution in [2.75, 3.05) is 22.7 Å². The predicted octanol–water partition coefficient (Wildman–Crippen LogP) is 3.31. The van der Waals surface area contributed by atoms with E-state index in [1.807, 2.05) is 0 Å². The summed E-state index contributed by atoms with van der Waals surface area (Å²) in [5.74, 6) is 0.969. The van der Waals surface area contributed by atoms with Gasteiger partial charge in [-0.25, -0.2) is 8.42 Å². The molecule has 24 heavy (non-hydrogen) atoms. The van der Waals surface area contributed by atoms with Crippen molar-refractivity contribution in [1.82, 2.24) is 10.2 Å². The Kier molecular flexibility index (Phi) is 5.20. The number of sulfonamides is 1. The van der Waals surface area contributed by atoms with Crippen LogP contribution in [0.4, 0.5) is 11.6 Å². The molecule has 0 amide bonds. The van der Waals surface area contributed by atoms with Crippen LogP contribution in [-0.4, -0.2) is 31.7 Å². The summed E-state index contributed by atoms with van der Waals surface area (Å²) in [5.41, 5.74) is 0. The molecule has 1 aromatic heterocycles. The van der Waals surface area contributed by atoms with E-state index in [0.29, 0.717) is 5.02 Å². The summed E-state index contributed by atoms with van der Waals surface area (Å²) in [4.78, 5) is 2.28. The molecule has 0 radical (unpaired) electrons. The van der Waals surface area contributed by atoms with Crippen molar-refractivity contribution in [2.45, 2.75) is 30.6 Å². The first-order valence-electron chi connectivity index (χ1n) is 7.92. The molecule has 0 saturated carbocycles. The zero-order valence-electron chi connectivity index (χ0n) is 13.2. The third-order valence-corrected chi connectivity index (χ3v) is 5.51. The van der Waals surface area contributed by atoms with Gasteiger partial charge in [-0.05, 0) is 43.2 Å². The third-order valence-electron chi connectivity index (χ3n) is 3.93. The SMILES string of the molecule is O=S(=O)(Nc1ccc(N2CCCCCC2)nn1)c1cccc(Cl)c1. The van der Waals surface area contributed by atoms with E-state index >= 15 is 0 Å². The van der Waals surface area contributed by atoms with Crippen molar-refractivity contribution in [1.29, 1.82) is 0 Å². The Balaban J connectivity index is 1.74. The summed E-state index contributed by atoms with van der Waals surface area (Å²) in [6, 6.07) is 9.51. The number of hydrogen-bond donors (Lipinski definition) is 1. The lowest BCUT2D eigenvalue weighted by molar-refractivity contribution is 0.601. The highest BCUT2D eigenvalue weighted by Crippen LogP contribution is 2.20. The molecule has 0 unspecified atom stereocenters. The van der Waals surface area contributed by atoms with Gasteiger partial charge >= 0.3 is 0 Å². The Morgan fingerprint density at radius 3 is 2.38 bits per heavy atom. The summed E-state index contributed by atoms with van der Waals surface area (Å²) in [6.45, 7) is 1.92. The van der Waals surface area contributed by atoms with Crippen molar-refractivity contribution >= 4 is 33.3 Å². The van der Waals surface area contributed by atoms with Gasteiger partial charge in [0.1, 0.15) is 0 Å². The van der Waals surface area contributed by atoms with Gasteiger partial charge in [-0.15, -0.1) is 10.2 Å². The standard InChI is InChI=1S/C16H19ClN4O2S/c17-13-6-5-7-14(12-13)24(22,23)20-15-8-9-16(19-18-15)21-10-3-1-2-4-11-21/h5-9,12H,1-4,10-11H2,(H,18,20). The summed E-state index contributed by atoms with van der Waals surface area (Å²) >= 11 is 5.85. The van der Waals surface area contributed by atoms with E-state index in [-0.39, 0.29) is 10.7 Å². The monoisotopic (exact) mass is 366 g/mol. The Labute approximate surface area is 146 Å². The summed E-state index contributed by atoms with van der Waals surface area (Å²) in [5, 5.41) is 8.53. The van der Waals surface area contributed by atoms with Crippen LogP contribution in [0.5, 0.6) is 0 Å². The van der Waals surface area contributed by atoms with E-state index in [9.17, 15) is 8.42 Å². The lowest BCUT2D eigenvalue weighted by Crippen LogP contribution is -2.25. The first-order chi connectivity index (χ1) is 11.5. The van der Waals surface area contributed by atoms with Crippen LogP contribution in [0.2, 0.25) is 5.02 Å². The van der Waals surface area contributed by atoms with Crippen molar-refractivity contribution in [3.8, 4) is 0 Å². The van der Waals surface area contributed by atoms with Gasteiger partial charge in [0.25, 0.3) is 10.0 Å². The van der Waals surface area contributed by atoms with Crippen LogP contribution < -0.4 is 9.62 Å². The molecular formula is C16H19ClN4O2S. The maximum atomic E-state index is 12.3. The number of halogens is 1. The number of nitrogens with zero attached hydrogens (tertiary/aromatic N) is 3. The second-order valence-corrected chi connectivity index (χ2v) is 7.86. The molecule has 1 aliphatic heterocycles. The fraction of sp³-hybridized carbons (Fsp3) is 0.375. The maximum Gasteiger partial charge on any atom is 0.263 e. The molecule has 3 rings (SSSR count). The summed E-state index contributed by atoms with van der Waals surface area (Å²) < 4.78 is 27.1. The fourth-order valence-electron chi connectivity index (χ4n) is 2.68. The van der Waals surface area contributed by atoms with E-state index in [1.54, 1.807) is 24.3 Å². The molecule has 1 saturated heterocycles. The minimum Gasteiger partial charge on any atom is -0.355 e. The molecule has 8 heteroatoms. The van der Waals surface area contributed by atoms with E-state index < -0.39 is 10.0 Å². The number of anilines is 2. The van der Waals surface area contributed by atoms with Gasteiger partial charge < -0.3 is 4.90 Å². The lowest BCUT2D eigenvalue weighted by atomic mass is 10.2. The third kappa shape index (κ3) is 4.15. The van der Waals surface area contributed by atoms with Crippen LogP contribution in [0.1, 0.15) is 25.7 Å². The number of hydrogen-bond acceptors (Lipinski definition) is 5. The molecule has 0 spiro atoms. The average Bonchev–Trinajstić information content (AvgIpc) is 2.84. The molecule has 0 aliphatic carbocycles. The van der Waals surface area contributed by atoms with Crippen LogP contribution in [0.15, 0.2) is 41.3 Å². The Morgan fingerprint density at radius 2 is 1.75 bits per heavy atom. The van der Waals surface area contributed by atoms with Crippen LogP contribution in [-0.2, 0) is 10.0 Å². The van der Waals surface area contributed by atoms with Gasteiger partial charge in [-0.2, -0.15) is 0 Å². The highest BCUT2D eigenvalue weighted by molar-refractivity contribution is 7.92. The van der Waals surface area contributed by atoms with Gasteiger partial charge in [0.15, 0.2) is 11.6 Å².